The van der Waals surface area contributed by atoms with Gasteiger partial charge in [0.25, 0.3) is 0 Å². The molecule has 0 rings (SSSR count). The largest absolute Gasteiger partial charge is 0.463 e. The molecule has 98 valence electrons. The Kier molecular flexibility index (Phi) is 10.3. The lowest BCUT2D eigenvalue weighted by molar-refractivity contribution is -0.140. The molecular formula is C13H22O4. The molecule has 0 saturated carbocycles. The van der Waals surface area contributed by atoms with E-state index in [1.165, 1.54) is 0 Å². The lowest BCUT2D eigenvalue weighted by Crippen LogP contribution is -2.05. The van der Waals surface area contributed by atoms with Crippen LogP contribution < -0.4 is 0 Å². The summed E-state index contributed by atoms with van der Waals surface area (Å²) < 4.78 is 9.68. The minimum atomic E-state index is -0.505. The molecule has 0 radical (unpaired) electrons. The van der Waals surface area contributed by atoms with Gasteiger partial charge >= 0.3 is 11.9 Å². The Morgan fingerprint density at radius 3 is 1.94 bits per heavy atom. The maximum absolute atomic E-state index is 11.1. The highest BCUT2D eigenvalue weighted by atomic mass is 16.5. The zero-order valence-electron chi connectivity index (χ0n) is 10.7. The van der Waals surface area contributed by atoms with Crippen LogP contribution in [0.1, 0.15) is 46.0 Å². The standard InChI is InChI=1S/C13H22O4/c1-3-5-6-7-11-17-13(15)9-8-12(14)16-10-4-2/h8-9H,3-7,10-11H2,1-2H3. The zero-order valence-corrected chi connectivity index (χ0v) is 10.7. The Bertz CT molecular complexity index is 246. The van der Waals surface area contributed by atoms with Crippen molar-refractivity contribution >= 4 is 11.9 Å². The third-order valence-electron chi connectivity index (χ3n) is 2.05. The fraction of sp³-hybridized carbons (Fsp3) is 0.692. The van der Waals surface area contributed by atoms with Crippen LogP contribution >= 0.6 is 0 Å². The maximum atomic E-state index is 11.1. The van der Waals surface area contributed by atoms with Crippen LogP contribution in [0.15, 0.2) is 12.2 Å². The summed E-state index contributed by atoms with van der Waals surface area (Å²) in [6, 6.07) is 0. The summed E-state index contributed by atoms with van der Waals surface area (Å²) in [6.07, 6.45) is 7.21. The van der Waals surface area contributed by atoms with Gasteiger partial charge in [-0.1, -0.05) is 33.1 Å². The van der Waals surface area contributed by atoms with Crippen molar-refractivity contribution in [1.29, 1.82) is 0 Å². The number of ether oxygens (including phenoxy) is 2. The van der Waals surface area contributed by atoms with Gasteiger partial charge in [-0.2, -0.15) is 0 Å². The lowest BCUT2D eigenvalue weighted by atomic mass is 10.2. The Morgan fingerprint density at radius 2 is 1.41 bits per heavy atom. The van der Waals surface area contributed by atoms with Crippen LogP contribution in [0.3, 0.4) is 0 Å². The van der Waals surface area contributed by atoms with E-state index in [4.69, 9.17) is 9.47 Å². The molecule has 0 aromatic carbocycles. The first kappa shape index (κ1) is 15.7. The molecule has 0 aliphatic rings. The number of rotatable bonds is 9. The SMILES string of the molecule is CCCCCCOC(=O)C=CC(=O)OCCC. The highest BCUT2D eigenvalue weighted by Crippen LogP contribution is 1.99. The highest BCUT2D eigenvalue weighted by molar-refractivity contribution is 5.91. The minimum absolute atomic E-state index is 0.370. The summed E-state index contributed by atoms with van der Waals surface area (Å²) in [5.74, 6) is -0.996. The molecule has 0 aliphatic heterocycles. The van der Waals surface area contributed by atoms with E-state index in [9.17, 15) is 9.59 Å². The number of unbranched alkanes of at least 4 members (excludes halogenated alkanes) is 3. The molecule has 0 fully saturated rings. The molecule has 0 aliphatic carbocycles. The molecule has 0 unspecified atom stereocenters. The second-order valence-corrected chi connectivity index (χ2v) is 3.73. The Hall–Kier alpha value is -1.32. The Labute approximate surface area is 103 Å². The summed E-state index contributed by atoms with van der Waals surface area (Å²) in [7, 11) is 0. The van der Waals surface area contributed by atoms with E-state index in [0.717, 1.165) is 44.3 Å². The average molecular weight is 242 g/mol. The van der Waals surface area contributed by atoms with Crippen molar-refractivity contribution in [1.82, 2.24) is 0 Å². The van der Waals surface area contributed by atoms with Crippen LogP contribution in [0.25, 0.3) is 0 Å². The predicted molar refractivity (Wildman–Crippen MR) is 65.5 cm³/mol. The van der Waals surface area contributed by atoms with Crippen molar-refractivity contribution in [2.75, 3.05) is 13.2 Å². The second kappa shape index (κ2) is 11.2. The van der Waals surface area contributed by atoms with Crippen molar-refractivity contribution in [2.24, 2.45) is 0 Å². The molecule has 0 atom stereocenters. The van der Waals surface area contributed by atoms with Gasteiger partial charge in [0.2, 0.25) is 0 Å². The summed E-state index contributed by atoms with van der Waals surface area (Å²) in [4.78, 5) is 22.1. The lowest BCUT2D eigenvalue weighted by Gasteiger charge is -2.01. The Morgan fingerprint density at radius 1 is 0.824 bits per heavy atom. The van der Waals surface area contributed by atoms with E-state index in [1.54, 1.807) is 0 Å². The number of esters is 2. The summed E-state index contributed by atoms with van der Waals surface area (Å²) >= 11 is 0. The molecule has 0 aromatic heterocycles. The molecule has 0 amide bonds. The Balaban J connectivity index is 3.56. The van der Waals surface area contributed by atoms with E-state index in [1.807, 2.05) is 6.92 Å². The minimum Gasteiger partial charge on any atom is -0.463 e. The van der Waals surface area contributed by atoms with Crippen LogP contribution in [0.5, 0.6) is 0 Å². The smallest absolute Gasteiger partial charge is 0.331 e. The van der Waals surface area contributed by atoms with Crippen molar-refractivity contribution in [3.63, 3.8) is 0 Å². The van der Waals surface area contributed by atoms with E-state index in [2.05, 4.69) is 6.92 Å². The summed E-state index contributed by atoms with van der Waals surface area (Å²) in [6.45, 7) is 4.81. The van der Waals surface area contributed by atoms with Crippen molar-refractivity contribution in [2.45, 2.75) is 46.0 Å². The first-order valence-electron chi connectivity index (χ1n) is 6.22. The van der Waals surface area contributed by atoms with Gasteiger partial charge < -0.3 is 9.47 Å². The third kappa shape index (κ3) is 11.0. The highest BCUT2D eigenvalue weighted by Gasteiger charge is 2.00. The maximum Gasteiger partial charge on any atom is 0.331 e. The zero-order chi connectivity index (χ0) is 12.9. The molecule has 0 spiro atoms. The number of hydrogen-bond acceptors (Lipinski definition) is 4. The number of carbonyl (C=O) groups is 2. The van der Waals surface area contributed by atoms with Gasteiger partial charge in [0.05, 0.1) is 13.2 Å². The van der Waals surface area contributed by atoms with Crippen LogP contribution in [0.4, 0.5) is 0 Å². The molecule has 17 heavy (non-hydrogen) atoms. The first-order valence-corrected chi connectivity index (χ1v) is 6.22. The molecule has 0 aromatic rings. The van der Waals surface area contributed by atoms with Crippen LogP contribution in [0, 0.1) is 0 Å². The molecule has 4 heteroatoms. The molecule has 0 saturated heterocycles. The normalized spacial score (nSPS) is 10.5. The van der Waals surface area contributed by atoms with Gasteiger partial charge in [-0.15, -0.1) is 0 Å². The van der Waals surface area contributed by atoms with Gasteiger partial charge in [0.15, 0.2) is 0 Å². The predicted octanol–water partition coefficient (Wildman–Crippen LogP) is 2.62. The van der Waals surface area contributed by atoms with Crippen LogP contribution in [0.2, 0.25) is 0 Å². The third-order valence-corrected chi connectivity index (χ3v) is 2.05. The average Bonchev–Trinajstić information content (AvgIpc) is 2.33. The molecular weight excluding hydrogens is 220 g/mol. The van der Waals surface area contributed by atoms with Crippen molar-refractivity contribution < 1.29 is 19.1 Å². The van der Waals surface area contributed by atoms with Crippen molar-refractivity contribution in [3.05, 3.63) is 12.2 Å². The van der Waals surface area contributed by atoms with Crippen molar-refractivity contribution in [3.8, 4) is 0 Å². The summed E-state index contributed by atoms with van der Waals surface area (Å²) in [5, 5.41) is 0. The molecule has 0 heterocycles. The fourth-order valence-electron chi connectivity index (χ4n) is 1.14. The van der Waals surface area contributed by atoms with E-state index in [0.29, 0.717) is 13.2 Å². The van der Waals surface area contributed by atoms with Gasteiger partial charge in [-0.3, -0.25) is 0 Å². The quantitative estimate of drug-likeness (QED) is 0.354. The topological polar surface area (TPSA) is 52.6 Å². The van der Waals surface area contributed by atoms with Crippen LogP contribution in [-0.2, 0) is 19.1 Å². The van der Waals surface area contributed by atoms with Gasteiger partial charge in [0, 0.05) is 12.2 Å². The number of hydrogen-bond donors (Lipinski definition) is 0. The van der Waals surface area contributed by atoms with E-state index < -0.39 is 11.9 Å². The van der Waals surface area contributed by atoms with Gasteiger partial charge in [-0.25, -0.2) is 9.59 Å². The first-order chi connectivity index (χ1) is 8.20. The van der Waals surface area contributed by atoms with Gasteiger partial charge in [0.1, 0.15) is 0 Å². The van der Waals surface area contributed by atoms with Crippen LogP contribution in [-0.4, -0.2) is 25.2 Å². The van der Waals surface area contributed by atoms with E-state index in [-0.39, 0.29) is 0 Å². The molecule has 4 nitrogen and oxygen atoms in total. The van der Waals surface area contributed by atoms with E-state index >= 15 is 0 Å². The molecule has 0 N–H and O–H groups in total. The number of carbonyl (C=O) groups excluding carboxylic acids is 2. The van der Waals surface area contributed by atoms with Gasteiger partial charge in [-0.05, 0) is 12.8 Å². The monoisotopic (exact) mass is 242 g/mol. The molecule has 0 bridgehead atoms. The second-order valence-electron chi connectivity index (χ2n) is 3.73. The fourth-order valence-corrected chi connectivity index (χ4v) is 1.14. The summed E-state index contributed by atoms with van der Waals surface area (Å²) in [5.41, 5.74) is 0.